The van der Waals surface area contributed by atoms with Crippen molar-refractivity contribution in [1.82, 2.24) is 4.57 Å². The normalized spacial score (nSPS) is 17.4. The van der Waals surface area contributed by atoms with Gasteiger partial charge in [0.1, 0.15) is 0 Å². The average molecular weight is 341 g/mol. The Hall–Kier alpha value is -1.97. The number of anilines is 1. The maximum Gasteiger partial charge on any atom is 0.0930 e. The summed E-state index contributed by atoms with van der Waals surface area (Å²) in [4.78, 5) is 2.38. The van der Waals surface area contributed by atoms with Crippen LogP contribution in [0.3, 0.4) is 0 Å². The number of benzene rings is 2. The number of halogens is 1. The predicted octanol–water partition coefficient (Wildman–Crippen LogP) is 4.32. The molecule has 3 aromatic rings. The zero-order valence-electron chi connectivity index (χ0n) is 13.7. The van der Waals surface area contributed by atoms with E-state index in [4.69, 9.17) is 11.6 Å². The van der Waals surface area contributed by atoms with Crippen molar-refractivity contribution in [3.63, 3.8) is 0 Å². The van der Waals surface area contributed by atoms with Crippen LogP contribution in [0, 0.1) is 0 Å². The van der Waals surface area contributed by atoms with E-state index < -0.39 is 5.60 Å². The lowest BCUT2D eigenvalue weighted by molar-refractivity contribution is 0.0118. The predicted molar refractivity (Wildman–Crippen MR) is 99.7 cm³/mol. The Labute approximate surface area is 147 Å². The number of aryl methyl sites for hydroxylation is 1. The van der Waals surface area contributed by atoms with Gasteiger partial charge in [-0.3, -0.25) is 0 Å². The lowest BCUT2D eigenvalue weighted by atomic mass is 9.84. The highest BCUT2D eigenvalue weighted by Crippen LogP contribution is 2.37. The number of hydrogen-bond acceptors (Lipinski definition) is 2. The molecule has 1 saturated heterocycles. The van der Waals surface area contributed by atoms with E-state index in [9.17, 15) is 5.11 Å². The van der Waals surface area contributed by atoms with Crippen molar-refractivity contribution in [3.8, 4) is 0 Å². The van der Waals surface area contributed by atoms with Gasteiger partial charge in [-0.15, -0.1) is 0 Å². The van der Waals surface area contributed by atoms with E-state index >= 15 is 0 Å². The smallest absolute Gasteiger partial charge is 0.0930 e. The molecule has 1 aliphatic rings. The molecular weight excluding hydrogens is 320 g/mol. The maximum absolute atomic E-state index is 11.0. The molecule has 4 heteroatoms. The van der Waals surface area contributed by atoms with E-state index in [1.807, 2.05) is 24.3 Å². The fourth-order valence-electron chi connectivity index (χ4n) is 3.74. The summed E-state index contributed by atoms with van der Waals surface area (Å²) in [5, 5.41) is 13.0. The minimum absolute atomic E-state index is 0.704. The van der Waals surface area contributed by atoms with Crippen molar-refractivity contribution in [3.05, 3.63) is 65.3 Å². The molecule has 0 spiro atoms. The fourth-order valence-corrected chi connectivity index (χ4v) is 3.86. The highest BCUT2D eigenvalue weighted by atomic mass is 35.5. The Morgan fingerprint density at radius 1 is 1.00 bits per heavy atom. The molecule has 1 fully saturated rings. The molecule has 2 aromatic carbocycles. The largest absolute Gasteiger partial charge is 0.385 e. The van der Waals surface area contributed by atoms with Crippen molar-refractivity contribution in [2.45, 2.75) is 18.4 Å². The van der Waals surface area contributed by atoms with Gasteiger partial charge in [-0.05, 0) is 36.6 Å². The highest BCUT2D eigenvalue weighted by Gasteiger charge is 2.34. The van der Waals surface area contributed by atoms with Crippen LogP contribution in [-0.4, -0.2) is 22.8 Å². The summed E-state index contributed by atoms with van der Waals surface area (Å²) in [6.07, 6.45) is 3.63. The van der Waals surface area contributed by atoms with Crippen molar-refractivity contribution >= 4 is 28.2 Å². The fraction of sp³-hybridized carbons (Fsp3) is 0.300. The monoisotopic (exact) mass is 340 g/mol. The molecule has 1 N–H and O–H groups in total. The van der Waals surface area contributed by atoms with E-state index in [1.165, 1.54) is 16.6 Å². The summed E-state index contributed by atoms with van der Waals surface area (Å²) in [7, 11) is 2.08. The number of nitrogens with zero attached hydrogens (tertiary/aromatic N) is 2. The van der Waals surface area contributed by atoms with Crippen LogP contribution in [0.25, 0.3) is 10.9 Å². The van der Waals surface area contributed by atoms with Crippen LogP contribution in [0.5, 0.6) is 0 Å². The van der Waals surface area contributed by atoms with E-state index in [0.717, 1.165) is 31.5 Å². The molecule has 0 unspecified atom stereocenters. The molecule has 0 atom stereocenters. The van der Waals surface area contributed by atoms with Gasteiger partial charge in [0.15, 0.2) is 0 Å². The second kappa shape index (κ2) is 5.83. The lowest BCUT2D eigenvalue weighted by Crippen LogP contribution is -2.42. The van der Waals surface area contributed by atoms with Gasteiger partial charge in [0.05, 0.1) is 11.3 Å². The Morgan fingerprint density at radius 3 is 2.38 bits per heavy atom. The molecule has 0 bridgehead atoms. The second-order valence-electron chi connectivity index (χ2n) is 6.67. The van der Waals surface area contributed by atoms with Crippen LogP contribution in [-0.2, 0) is 12.6 Å². The number of para-hydroxylation sites is 1. The quantitative estimate of drug-likeness (QED) is 0.752. The molecular formula is C20H21ClN2O. The van der Waals surface area contributed by atoms with Crippen molar-refractivity contribution < 1.29 is 5.11 Å². The first-order valence-corrected chi connectivity index (χ1v) is 8.72. The van der Waals surface area contributed by atoms with Gasteiger partial charge >= 0.3 is 0 Å². The van der Waals surface area contributed by atoms with Crippen LogP contribution in [0.1, 0.15) is 18.4 Å². The molecule has 0 saturated carbocycles. The van der Waals surface area contributed by atoms with Crippen molar-refractivity contribution in [1.29, 1.82) is 0 Å². The summed E-state index contributed by atoms with van der Waals surface area (Å²) in [6.45, 7) is 1.68. The number of fused-ring (bicyclic) bond motifs is 1. The topological polar surface area (TPSA) is 28.4 Å². The summed E-state index contributed by atoms with van der Waals surface area (Å²) < 4.78 is 2.17. The van der Waals surface area contributed by atoms with Gasteiger partial charge in [0.2, 0.25) is 0 Å². The molecule has 24 heavy (non-hydrogen) atoms. The molecule has 0 amide bonds. The first-order valence-electron chi connectivity index (χ1n) is 8.34. The van der Waals surface area contributed by atoms with Crippen molar-refractivity contribution in [2.75, 3.05) is 18.0 Å². The van der Waals surface area contributed by atoms with Gasteiger partial charge in [-0.2, -0.15) is 0 Å². The van der Waals surface area contributed by atoms with Crippen LogP contribution in [0.4, 0.5) is 5.69 Å². The lowest BCUT2D eigenvalue weighted by Gasteiger charge is -2.39. The van der Waals surface area contributed by atoms with E-state index in [-0.39, 0.29) is 0 Å². The highest BCUT2D eigenvalue weighted by molar-refractivity contribution is 6.30. The minimum atomic E-state index is -0.758. The van der Waals surface area contributed by atoms with Crippen LogP contribution in [0.2, 0.25) is 5.02 Å². The van der Waals surface area contributed by atoms with E-state index in [0.29, 0.717) is 5.02 Å². The zero-order chi connectivity index (χ0) is 16.7. The molecule has 1 aromatic heterocycles. The van der Waals surface area contributed by atoms with Gasteiger partial charge in [-0.1, -0.05) is 41.9 Å². The van der Waals surface area contributed by atoms with Crippen LogP contribution >= 0.6 is 11.6 Å². The third-order valence-electron chi connectivity index (χ3n) is 5.19. The van der Waals surface area contributed by atoms with Crippen molar-refractivity contribution in [2.24, 2.45) is 7.05 Å². The third kappa shape index (κ3) is 2.58. The molecule has 3 nitrogen and oxygen atoms in total. The Kier molecular flexibility index (Phi) is 3.78. The number of piperidine rings is 1. The number of aromatic nitrogens is 1. The SMILES string of the molecule is Cn1cc(N2CCC(O)(c3ccc(Cl)cc3)CC2)c2ccccc21. The van der Waals surface area contributed by atoms with Crippen LogP contribution in [0.15, 0.2) is 54.7 Å². The van der Waals surface area contributed by atoms with Crippen LogP contribution < -0.4 is 4.90 Å². The number of hydrogen-bond donors (Lipinski definition) is 1. The molecule has 2 heterocycles. The van der Waals surface area contributed by atoms with Gasteiger partial charge in [0, 0.05) is 42.3 Å². The molecule has 124 valence electrons. The van der Waals surface area contributed by atoms with Gasteiger partial charge in [-0.25, -0.2) is 0 Å². The molecule has 1 aliphatic heterocycles. The molecule has 0 aliphatic carbocycles. The standard InChI is InChI=1S/C20H21ClN2O/c1-22-14-19(17-4-2-3-5-18(17)22)23-12-10-20(24,11-13-23)15-6-8-16(21)9-7-15/h2-9,14,24H,10-13H2,1H3. The summed E-state index contributed by atoms with van der Waals surface area (Å²) >= 11 is 5.96. The molecule has 4 rings (SSSR count). The van der Waals surface area contributed by atoms with E-state index in [2.05, 4.69) is 47.0 Å². The average Bonchev–Trinajstić information content (AvgIpc) is 2.93. The summed E-state index contributed by atoms with van der Waals surface area (Å²) in [5.41, 5.74) is 2.70. The molecule has 0 radical (unpaired) electrons. The zero-order valence-corrected chi connectivity index (χ0v) is 14.5. The maximum atomic E-state index is 11.0. The minimum Gasteiger partial charge on any atom is -0.385 e. The Bertz CT molecular complexity index is 861. The van der Waals surface area contributed by atoms with Gasteiger partial charge < -0.3 is 14.6 Å². The first kappa shape index (κ1) is 15.6. The Balaban J connectivity index is 1.58. The van der Waals surface area contributed by atoms with E-state index in [1.54, 1.807) is 0 Å². The first-order chi connectivity index (χ1) is 11.6. The third-order valence-corrected chi connectivity index (χ3v) is 5.44. The number of aliphatic hydroxyl groups is 1. The Morgan fingerprint density at radius 2 is 1.67 bits per heavy atom. The summed E-state index contributed by atoms with van der Waals surface area (Å²) in [5.74, 6) is 0. The second-order valence-corrected chi connectivity index (χ2v) is 7.10. The number of rotatable bonds is 2. The van der Waals surface area contributed by atoms with Gasteiger partial charge in [0.25, 0.3) is 0 Å². The summed E-state index contributed by atoms with van der Waals surface area (Å²) in [6, 6.07) is 16.1.